The molecule has 0 aliphatic rings. The predicted molar refractivity (Wildman–Crippen MR) is 114 cm³/mol. The van der Waals surface area contributed by atoms with E-state index >= 15 is 0 Å². The fourth-order valence-electron chi connectivity index (χ4n) is 3.20. The van der Waals surface area contributed by atoms with Gasteiger partial charge in [-0.2, -0.15) is 5.26 Å². The summed E-state index contributed by atoms with van der Waals surface area (Å²) < 4.78 is 5.13. The lowest BCUT2D eigenvalue weighted by Crippen LogP contribution is -1.99. The van der Waals surface area contributed by atoms with E-state index in [9.17, 15) is 5.26 Å². The van der Waals surface area contributed by atoms with Crippen molar-refractivity contribution < 1.29 is 4.74 Å². The van der Waals surface area contributed by atoms with Crippen molar-refractivity contribution in [3.05, 3.63) is 84.6 Å². The molecule has 0 spiro atoms. The minimum absolute atomic E-state index is 0.223. The summed E-state index contributed by atoms with van der Waals surface area (Å²) in [6.45, 7) is 0. The first-order valence-electron chi connectivity index (χ1n) is 9.06. The number of ether oxygens (including phenoxy) is 1. The van der Waals surface area contributed by atoms with Crippen LogP contribution in [0.1, 0.15) is 5.56 Å². The second-order valence-corrected chi connectivity index (χ2v) is 6.46. The zero-order valence-electron chi connectivity index (χ0n) is 15.8. The lowest BCUT2D eigenvalue weighted by Gasteiger charge is -2.12. The summed E-state index contributed by atoms with van der Waals surface area (Å²) >= 11 is 0. The Morgan fingerprint density at radius 2 is 1.62 bits per heavy atom. The molecular formula is C24H18N4O. The van der Waals surface area contributed by atoms with E-state index in [1.807, 2.05) is 72.8 Å². The van der Waals surface area contributed by atoms with Crippen molar-refractivity contribution in [2.45, 2.75) is 0 Å². The van der Waals surface area contributed by atoms with Crippen LogP contribution in [0.2, 0.25) is 0 Å². The van der Waals surface area contributed by atoms with Crippen molar-refractivity contribution in [2.75, 3.05) is 12.8 Å². The Labute approximate surface area is 169 Å². The number of methoxy groups -OCH3 is 1. The molecule has 0 fully saturated rings. The number of benzene rings is 2. The molecule has 29 heavy (non-hydrogen) atoms. The summed E-state index contributed by atoms with van der Waals surface area (Å²) in [6.07, 6.45) is 1.76. The monoisotopic (exact) mass is 378 g/mol. The number of hydrogen-bond donors (Lipinski definition) is 1. The summed E-state index contributed by atoms with van der Waals surface area (Å²) in [4.78, 5) is 8.70. The van der Waals surface area contributed by atoms with Gasteiger partial charge in [-0.25, -0.2) is 9.97 Å². The molecule has 0 saturated heterocycles. The molecule has 0 unspecified atom stereocenters. The van der Waals surface area contributed by atoms with E-state index < -0.39 is 0 Å². The van der Waals surface area contributed by atoms with E-state index in [1.165, 1.54) is 0 Å². The van der Waals surface area contributed by atoms with Gasteiger partial charge in [0.1, 0.15) is 17.5 Å². The summed E-state index contributed by atoms with van der Waals surface area (Å²) in [5.74, 6) is 0.784. The second-order valence-electron chi connectivity index (χ2n) is 6.46. The Kier molecular flexibility index (Phi) is 4.91. The third kappa shape index (κ3) is 3.64. The van der Waals surface area contributed by atoms with Gasteiger partial charge in [0.05, 0.1) is 12.8 Å². The van der Waals surface area contributed by atoms with Gasteiger partial charge in [0.25, 0.3) is 0 Å². The van der Waals surface area contributed by atoms with E-state index in [1.54, 1.807) is 13.3 Å². The van der Waals surface area contributed by atoms with Crippen molar-refractivity contribution in [3.63, 3.8) is 0 Å². The fourth-order valence-corrected chi connectivity index (χ4v) is 3.20. The molecule has 0 atom stereocenters. The average molecular weight is 378 g/mol. The highest BCUT2D eigenvalue weighted by atomic mass is 16.5. The molecule has 2 aromatic heterocycles. The number of nitrogens with two attached hydrogens (primary N) is 1. The van der Waals surface area contributed by atoms with Gasteiger partial charge in [-0.15, -0.1) is 0 Å². The summed E-state index contributed by atoms with van der Waals surface area (Å²) in [6, 6.07) is 25.6. The maximum absolute atomic E-state index is 9.67. The molecule has 2 heterocycles. The van der Waals surface area contributed by atoms with E-state index in [2.05, 4.69) is 16.0 Å². The van der Waals surface area contributed by atoms with Crippen molar-refractivity contribution in [3.8, 4) is 45.5 Å². The molecule has 4 aromatic rings. The Balaban J connectivity index is 1.84. The number of nitriles is 1. The highest BCUT2D eigenvalue weighted by Gasteiger charge is 2.14. The highest BCUT2D eigenvalue weighted by Crippen LogP contribution is 2.33. The Morgan fingerprint density at radius 1 is 0.862 bits per heavy atom. The normalized spacial score (nSPS) is 10.3. The summed E-state index contributed by atoms with van der Waals surface area (Å²) in [5, 5.41) is 9.67. The molecule has 0 radical (unpaired) electrons. The van der Waals surface area contributed by atoms with Gasteiger partial charge in [0.2, 0.25) is 5.88 Å². The molecule has 140 valence electrons. The van der Waals surface area contributed by atoms with Crippen LogP contribution in [0.5, 0.6) is 5.88 Å². The first-order chi connectivity index (χ1) is 14.2. The Bertz CT molecular complexity index is 1200. The molecular weight excluding hydrogens is 360 g/mol. The van der Waals surface area contributed by atoms with Gasteiger partial charge in [0.15, 0.2) is 0 Å². The number of anilines is 1. The maximum Gasteiger partial charge on any atom is 0.212 e. The molecule has 0 bridgehead atoms. The van der Waals surface area contributed by atoms with Crippen LogP contribution >= 0.6 is 0 Å². The van der Waals surface area contributed by atoms with Crippen LogP contribution in [-0.2, 0) is 0 Å². The standard InChI is InChI=1S/C24H18N4O/c1-29-23-11-10-19(15-27-23)17-8-5-9-18(12-17)20-13-22(16-6-3-2-4-7-16)28-24(26)21(20)14-25/h2-13,15H,1H3,(H2,26,28). The Morgan fingerprint density at radius 3 is 2.31 bits per heavy atom. The first kappa shape index (κ1) is 18.2. The topological polar surface area (TPSA) is 84.8 Å². The maximum atomic E-state index is 9.67. The molecule has 2 N–H and O–H groups in total. The molecule has 5 nitrogen and oxygen atoms in total. The van der Waals surface area contributed by atoms with Gasteiger partial charge in [-0.05, 0) is 29.3 Å². The van der Waals surface area contributed by atoms with Crippen LogP contribution in [0.15, 0.2) is 79.0 Å². The number of pyridine rings is 2. The molecule has 5 heteroatoms. The van der Waals surface area contributed by atoms with Gasteiger partial charge in [-0.3, -0.25) is 0 Å². The van der Waals surface area contributed by atoms with Crippen molar-refractivity contribution >= 4 is 5.82 Å². The van der Waals surface area contributed by atoms with Gasteiger partial charge in [-0.1, -0.05) is 48.5 Å². The summed E-state index contributed by atoms with van der Waals surface area (Å²) in [7, 11) is 1.59. The zero-order chi connectivity index (χ0) is 20.2. The van der Waals surface area contributed by atoms with Crippen molar-refractivity contribution in [1.29, 1.82) is 5.26 Å². The van der Waals surface area contributed by atoms with E-state index in [4.69, 9.17) is 10.5 Å². The molecule has 0 amide bonds. The molecule has 0 aliphatic carbocycles. The minimum atomic E-state index is 0.223. The lowest BCUT2D eigenvalue weighted by atomic mass is 9.95. The number of hydrogen-bond acceptors (Lipinski definition) is 5. The van der Waals surface area contributed by atoms with Gasteiger partial charge >= 0.3 is 0 Å². The average Bonchev–Trinajstić information content (AvgIpc) is 2.79. The quantitative estimate of drug-likeness (QED) is 0.544. The SMILES string of the molecule is COc1ccc(-c2cccc(-c3cc(-c4ccccc4)nc(N)c3C#N)c2)cn1. The fraction of sp³-hybridized carbons (Fsp3) is 0.0417. The van der Waals surface area contributed by atoms with Crippen LogP contribution in [-0.4, -0.2) is 17.1 Å². The van der Waals surface area contributed by atoms with Crippen LogP contribution in [0.4, 0.5) is 5.82 Å². The van der Waals surface area contributed by atoms with E-state index in [-0.39, 0.29) is 5.82 Å². The first-order valence-corrected chi connectivity index (χ1v) is 9.06. The van der Waals surface area contributed by atoms with Crippen molar-refractivity contribution in [1.82, 2.24) is 9.97 Å². The number of rotatable bonds is 4. The predicted octanol–water partition coefficient (Wildman–Crippen LogP) is 4.94. The largest absolute Gasteiger partial charge is 0.481 e. The lowest BCUT2D eigenvalue weighted by molar-refractivity contribution is 0.398. The molecule has 2 aromatic carbocycles. The molecule has 0 saturated carbocycles. The van der Waals surface area contributed by atoms with Crippen LogP contribution < -0.4 is 10.5 Å². The molecule has 4 rings (SSSR count). The smallest absolute Gasteiger partial charge is 0.212 e. The second kappa shape index (κ2) is 7.83. The van der Waals surface area contributed by atoms with Crippen LogP contribution in [0, 0.1) is 11.3 Å². The third-order valence-electron chi connectivity index (χ3n) is 4.68. The van der Waals surface area contributed by atoms with Crippen molar-refractivity contribution in [2.24, 2.45) is 0 Å². The highest BCUT2D eigenvalue weighted by molar-refractivity contribution is 5.82. The van der Waals surface area contributed by atoms with Gasteiger partial charge < -0.3 is 10.5 Å². The molecule has 0 aliphatic heterocycles. The summed E-state index contributed by atoms with van der Waals surface area (Å²) in [5.41, 5.74) is 11.8. The van der Waals surface area contributed by atoms with Crippen LogP contribution in [0.25, 0.3) is 33.5 Å². The van der Waals surface area contributed by atoms with Gasteiger partial charge in [0, 0.05) is 29.0 Å². The number of aromatic nitrogens is 2. The van der Waals surface area contributed by atoms with Crippen LogP contribution in [0.3, 0.4) is 0 Å². The third-order valence-corrected chi connectivity index (χ3v) is 4.68. The minimum Gasteiger partial charge on any atom is -0.481 e. The number of nitrogens with zero attached hydrogens (tertiary/aromatic N) is 3. The van der Waals surface area contributed by atoms with E-state index in [0.717, 1.165) is 33.5 Å². The Hall–Kier alpha value is -4.17. The van der Waals surface area contributed by atoms with E-state index in [0.29, 0.717) is 11.4 Å². The zero-order valence-corrected chi connectivity index (χ0v) is 15.8. The number of nitrogen functional groups attached to an aromatic ring is 1.